The highest BCUT2D eigenvalue weighted by Gasteiger charge is 2.19. The van der Waals surface area contributed by atoms with Crippen LogP contribution in [0.2, 0.25) is 0 Å². The van der Waals surface area contributed by atoms with Gasteiger partial charge in [0.15, 0.2) is 6.10 Å². The normalized spacial score (nSPS) is 13.0. The number of ether oxygens (including phenoxy) is 3. The van der Waals surface area contributed by atoms with Gasteiger partial charge in [0, 0.05) is 19.3 Å². The van der Waals surface area contributed by atoms with Crippen molar-refractivity contribution in [3.05, 3.63) is 122 Å². The molecule has 0 fully saturated rings. The first-order valence-corrected chi connectivity index (χ1v) is 29.5. The van der Waals surface area contributed by atoms with E-state index in [1.165, 1.54) is 109 Å². The van der Waals surface area contributed by atoms with Crippen molar-refractivity contribution in [2.24, 2.45) is 0 Å². The van der Waals surface area contributed by atoms with Gasteiger partial charge >= 0.3 is 17.9 Å². The van der Waals surface area contributed by atoms with Gasteiger partial charge in [-0.25, -0.2) is 0 Å². The Kier molecular flexibility index (Phi) is 55.9. The molecule has 0 aromatic rings. The van der Waals surface area contributed by atoms with Crippen molar-refractivity contribution in [2.75, 3.05) is 13.2 Å². The van der Waals surface area contributed by atoms with Crippen LogP contribution in [0.25, 0.3) is 0 Å². The Hall–Kier alpha value is -4.19. The van der Waals surface area contributed by atoms with Crippen LogP contribution in [0.15, 0.2) is 122 Å². The van der Waals surface area contributed by atoms with Gasteiger partial charge in [0.05, 0.1) is 0 Å². The first kappa shape index (κ1) is 67.8. The van der Waals surface area contributed by atoms with E-state index in [9.17, 15) is 14.4 Å². The first-order chi connectivity index (χ1) is 35.5. The molecule has 0 bridgehead atoms. The zero-order valence-corrected chi connectivity index (χ0v) is 46.7. The van der Waals surface area contributed by atoms with Crippen LogP contribution in [0.5, 0.6) is 0 Å². The van der Waals surface area contributed by atoms with E-state index >= 15 is 0 Å². The zero-order valence-electron chi connectivity index (χ0n) is 46.7. The molecule has 408 valence electrons. The molecule has 0 radical (unpaired) electrons. The van der Waals surface area contributed by atoms with Crippen LogP contribution in [0, 0.1) is 0 Å². The third kappa shape index (κ3) is 56.7. The van der Waals surface area contributed by atoms with Gasteiger partial charge in [-0.2, -0.15) is 0 Å². The summed E-state index contributed by atoms with van der Waals surface area (Å²) in [6.07, 6.45) is 82.1. The summed E-state index contributed by atoms with van der Waals surface area (Å²) in [5, 5.41) is 0. The number of rotatable bonds is 52. The molecule has 0 N–H and O–H groups in total. The third-order valence-corrected chi connectivity index (χ3v) is 12.2. The minimum Gasteiger partial charge on any atom is -0.462 e. The SMILES string of the molecule is CC/C=C\C/C=C\C/C=C\C/C=C\C/C=C\CCCCCCCCCC(=O)OCC(COC(=O)CC/C=C\C/C=C\C/C=C\C/C=C\CC)OC(=O)CCCCCCCCC/C=C\CCCCCCCCC. The summed E-state index contributed by atoms with van der Waals surface area (Å²) in [6.45, 7) is 6.33. The van der Waals surface area contributed by atoms with Crippen molar-refractivity contribution in [3.8, 4) is 0 Å². The molecule has 0 heterocycles. The molecule has 72 heavy (non-hydrogen) atoms. The number of carbonyl (C=O) groups excluding carboxylic acids is 3. The van der Waals surface area contributed by atoms with E-state index in [1.807, 2.05) is 6.08 Å². The molecular weight excluding hydrogens is 889 g/mol. The molecule has 0 aromatic heterocycles. The third-order valence-electron chi connectivity index (χ3n) is 12.2. The summed E-state index contributed by atoms with van der Waals surface area (Å²) in [5.41, 5.74) is 0. The molecular formula is C66H108O6. The Morgan fingerprint density at radius 2 is 0.569 bits per heavy atom. The van der Waals surface area contributed by atoms with E-state index in [1.54, 1.807) is 0 Å². The van der Waals surface area contributed by atoms with Crippen LogP contribution < -0.4 is 0 Å². The van der Waals surface area contributed by atoms with Gasteiger partial charge < -0.3 is 14.2 Å². The minimum atomic E-state index is -0.818. The topological polar surface area (TPSA) is 78.9 Å². The molecule has 0 rings (SSSR count). The number of carbonyl (C=O) groups is 3. The minimum absolute atomic E-state index is 0.110. The molecule has 0 amide bonds. The average molecular weight is 998 g/mol. The Balaban J connectivity index is 4.44. The van der Waals surface area contributed by atoms with E-state index in [4.69, 9.17) is 14.2 Å². The number of esters is 3. The van der Waals surface area contributed by atoms with Gasteiger partial charge in [-0.05, 0) is 116 Å². The molecule has 6 heteroatoms. The predicted molar refractivity (Wildman–Crippen MR) is 311 cm³/mol. The van der Waals surface area contributed by atoms with Crippen LogP contribution in [0.3, 0.4) is 0 Å². The monoisotopic (exact) mass is 997 g/mol. The van der Waals surface area contributed by atoms with Gasteiger partial charge in [-0.1, -0.05) is 245 Å². The predicted octanol–water partition coefficient (Wildman–Crippen LogP) is 20.0. The number of allylic oxidation sites excluding steroid dienone is 20. The lowest BCUT2D eigenvalue weighted by molar-refractivity contribution is -0.166. The average Bonchev–Trinajstić information content (AvgIpc) is 3.38. The highest BCUT2D eigenvalue weighted by Crippen LogP contribution is 2.14. The van der Waals surface area contributed by atoms with Gasteiger partial charge in [0.25, 0.3) is 0 Å². The molecule has 1 unspecified atom stereocenters. The summed E-state index contributed by atoms with van der Waals surface area (Å²) in [7, 11) is 0. The van der Waals surface area contributed by atoms with Crippen molar-refractivity contribution in [3.63, 3.8) is 0 Å². The quantitative estimate of drug-likeness (QED) is 0.0261. The fourth-order valence-corrected chi connectivity index (χ4v) is 7.83. The Morgan fingerprint density at radius 1 is 0.292 bits per heavy atom. The maximum absolute atomic E-state index is 12.9. The lowest BCUT2D eigenvalue weighted by Gasteiger charge is -2.18. The molecule has 0 spiro atoms. The van der Waals surface area contributed by atoms with E-state index in [0.717, 1.165) is 103 Å². The largest absolute Gasteiger partial charge is 0.462 e. The standard InChI is InChI=1S/C66H108O6/c1-4-7-10-13-16-19-22-25-27-29-31-32-33-34-35-37-38-41-44-47-50-53-56-59-65(68)71-62-63(61-70-64(67)58-55-52-49-46-43-40-24-21-18-15-12-9-6-3)72-66(69)60-57-54-51-48-45-42-39-36-30-28-26-23-20-17-14-11-8-5-2/h7,9-10,12,16,18-19,21,25,27-28,30-32,34-35,40,43,49,52,63H,4-6,8,11,13-15,17,20,22-24,26,29,33,36-39,41-42,44-48,50-51,53-62H2,1-3H3/b10-7-,12-9-,19-16-,21-18-,27-25-,30-28-,32-31-,35-34-,43-40-,52-49-. The van der Waals surface area contributed by atoms with E-state index in [0.29, 0.717) is 19.3 Å². The molecule has 0 aliphatic carbocycles. The number of hydrogen-bond acceptors (Lipinski definition) is 6. The van der Waals surface area contributed by atoms with Crippen molar-refractivity contribution >= 4 is 17.9 Å². The van der Waals surface area contributed by atoms with Crippen LogP contribution in [-0.4, -0.2) is 37.2 Å². The Morgan fingerprint density at radius 3 is 0.944 bits per heavy atom. The van der Waals surface area contributed by atoms with Gasteiger partial charge in [-0.15, -0.1) is 0 Å². The van der Waals surface area contributed by atoms with Crippen molar-refractivity contribution in [1.82, 2.24) is 0 Å². The van der Waals surface area contributed by atoms with Crippen LogP contribution in [-0.2, 0) is 28.6 Å². The number of unbranched alkanes of at least 4 members (excludes halogenated alkanes) is 21. The summed E-state index contributed by atoms with van der Waals surface area (Å²) >= 11 is 0. The molecule has 0 saturated heterocycles. The number of hydrogen-bond donors (Lipinski definition) is 0. The summed E-state index contributed by atoms with van der Waals surface area (Å²) in [6, 6.07) is 0. The molecule has 1 atom stereocenters. The van der Waals surface area contributed by atoms with E-state index < -0.39 is 6.10 Å². The lowest BCUT2D eigenvalue weighted by atomic mass is 10.1. The van der Waals surface area contributed by atoms with Gasteiger partial charge in [-0.3, -0.25) is 14.4 Å². The van der Waals surface area contributed by atoms with Crippen molar-refractivity contribution < 1.29 is 28.6 Å². The molecule has 0 saturated carbocycles. The maximum atomic E-state index is 12.9. The zero-order chi connectivity index (χ0) is 52.2. The second-order valence-electron chi connectivity index (χ2n) is 19.1. The smallest absolute Gasteiger partial charge is 0.306 e. The first-order valence-electron chi connectivity index (χ1n) is 29.5. The van der Waals surface area contributed by atoms with Crippen LogP contribution in [0.1, 0.15) is 258 Å². The second-order valence-corrected chi connectivity index (χ2v) is 19.1. The summed E-state index contributed by atoms with van der Waals surface area (Å²) in [5.74, 6) is -1.01. The Bertz CT molecular complexity index is 1520. The fourth-order valence-electron chi connectivity index (χ4n) is 7.83. The molecule has 0 aliphatic heterocycles. The molecule has 0 aromatic carbocycles. The second kappa shape index (κ2) is 59.4. The fraction of sp³-hybridized carbons (Fsp3) is 0.652. The summed E-state index contributed by atoms with van der Waals surface area (Å²) in [4.78, 5) is 38.2. The van der Waals surface area contributed by atoms with Gasteiger partial charge in [0.1, 0.15) is 13.2 Å². The molecule has 0 aliphatic rings. The van der Waals surface area contributed by atoms with Crippen LogP contribution >= 0.6 is 0 Å². The Labute approximate surface area is 443 Å². The van der Waals surface area contributed by atoms with Crippen molar-refractivity contribution in [2.45, 2.75) is 264 Å². The highest BCUT2D eigenvalue weighted by atomic mass is 16.6. The molecule has 6 nitrogen and oxygen atoms in total. The van der Waals surface area contributed by atoms with Gasteiger partial charge in [0.2, 0.25) is 0 Å². The van der Waals surface area contributed by atoms with Crippen LogP contribution in [0.4, 0.5) is 0 Å². The lowest BCUT2D eigenvalue weighted by Crippen LogP contribution is -2.30. The highest BCUT2D eigenvalue weighted by molar-refractivity contribution is 5.71. The maximum Gasteiger partial charge on any atom is 0.306 e. The van der Waals surface area contributed by atoms with Crippen molar-refractivity contribution in [1.29, 1.82) is 0 Å². The van der Waals surface area contributed by atoms with E-state index in [-0.39, 0.29) is 37.5 Å². The van der Waals surface area contributed by atoms with E-state index in [2.05, 4.69) is 136 Å². The summed E-state index contributed by atoms with van der Waals surface area (Å²) < 4.78 is 16.8.